The summed E-state index contributed by atoms with van der Waals surface area (Å²) in [5.74, 6) is 0.922. The summed E-state index contributed by atoms with van der Waals surface area (Å²) in [4.78, 5) is 0. The molecule has 0 aliphatic heterocycles. The molecule has 4 rings (SSSR count). The van der Waals surface area contributed by atoms with Crippen LogP contribution >= 0.6 is 11.8 Å². The standard InChI is InChI=1S/C19H15FN4S/c20-17-8-4-3-7-16(17)18-22-23-19(24(18)15-9-10-15)25-12-14-6-2-1-5-13(14)11-21/h1-8,15H,9-10,12H2. The fourth-order valence-corrected chi connectivity index (χ4v) is 3.77. The third kappa shape index (κ3) is 3.15. The zero-order valence-electron chi connectivity index (χ0n) is 13.4. The van der Waals surface area contributed by atoms with Gasteiger partial charge in [0.15, 0.2) is 11.0 Å². The van der Waals surface area contributed by atoms with Gasteiger partial charge in [0.05, 0.1) is 17.2 Å². The lowest BCUT2D eigenvalue weighted by atomic mass is 10.1. The average Bonchev–Trinajstić information content (AvgIpc) is 3.40. The van der Waals surface area contributed by atoms with E-state index < -0.39 is 0 Å². The molecule has 0 saturated heterocycles. The molecule has 3 aromatic rings. The second kappa shape index (κ2) is 6.69. The summed E-state index contributed by atoms with van der Waals surface area (Å²) in [5, 5.41) is 18.5. The second-order valence-electron chi connectivity index (χ2n) is 5.94. The number of nitriles is 1. The maximum Gasteiger partial charge on any atom is 0.192 e. The number of rotatable bonds is 5. The van der Waals surface area contributed by atoms with Gasteiger partial charge in [-0.1, -0.05) is 42.1 Å². The van der Waals surface area contributed by atoms with Gasteiger partial charge in [-0.25, -0.2) is 4.39 Å². The van der Waals surface area contributed by atoms with E-state index in [1.165, 1.54) is 17.8 Å². The summed E-state index contributed by atoms with van der Waals surface area (Å²) >= 11 is 1.54. The van der Waals surface area contributed by atoms with Gasteiger partial charge in [0.2, 0.25) is 0 Å². The van der Waals surface area contributed by atoms with Crippen LogP contribution in [0.1, 0.15) is 30.0 Å². The van der Waals surface area contributed by atoms with Crippen molar-refractivity contribution in [3.05, 3.63) is 65.5 Å². The van der Waals surface area contributed by atoms with Crippen LogP contribution in [0, 0.1) is 17.1 Å². The largest absolute Gasteiger partial charge is 0.299 e. The molecule has 1 aliphatic rings. The molecule has 1 aliphatic carbocycles. The Hall–Kier alpha value is -2.65. The Morgan fingerprint density at radius 2 is 1.88 bits per heavy atom. The monoisotopic (exact) mass is 350 g/mol. The SMILES string of the molecule is N#Cc1ccccc1CSc1nnc(-c2ccccc2F)n1C1CC1. The van der Waals surface area contributed by atoms with E-state index >= 15 is 0 Å². The minimum atomic E-state index is -0.289. The van der Waals surface area contributed by atoms with E-state index in [9.17, 15) is 9.65 Å². The van der Waals surface area contributed by atoms with Gasteiger partial charge in [0.1, 0.15) is 5.82 Å². The maximum absolute atomic E-state index is 14.2. The molecule has 1 heterocycles. The number of halogens is 1. The smallest absolute Gasteiger partial charge is 0.192 e. The lowest BCUT2D eigenvalue weighted by Crippen LogP contribution is -2.01. The molecule has 1 fully saturated rings. The molecule has 0 N–H and O–H groups in total. The van der Waals surface area contributed by atoms with E-state index in [-0.39, 0.29) is 5.82 Å². The summed E-state index contributed by atoms with van der Waals surface area (Å²) in [6.07, 6.45) is 2.11. The van der Waals surface area contributed by atoms with Crippen molar-refractivity contribution in [3.8, 4) is 17.5 Å². The van der Waals surface area contributed by atoms with Crippen LogP contribution in [0.2, 0.25) is 0 Å². The van der Waals surface area contributed by atoms with Gasteiger partial charge in [0.25, 0.3) is 0 Å². The van der Waals surface area contributed by atoms with Gasteiger partial charge in [-0.3, -0.25) is 4.57 Å². The summed E-state index contributed by atoms with van der Waals surface area (Å²) in [6, 6.07) is 16.7. The second-order valence-corrected chi connectivity index (χ2v) is 6.89. The number of benzene rings is 2. The number of thioether (sulfide) groups is 1. The Labute approximate surface area is 149 Å². The third-order valence-corrected chi connectivity index (χ3v) is 5.18. The van der Waals surface area contributed by atoms with Crippen molar-refractivity contribution in [2.24, 2.45) is 0 Å². The molecular weight excluding hydrogens is 335 g/mol. The van der Waals surface area contributed by atoms with Crippen LogP contribution < -0.4 is 0 Å². The normalized spacial score (nSPS) is 13.6. The average molecular weight is 350 g/mol. The number of hydrogen-bond donors (Lipinski definition) is 0. The Balaban J connectivity index is 1.65. The highest BCUT2D eigenvalue weighted by atomic mass is 32.2. The van der Waals surface area contributed by atoms with Crippen molar-refractivity contribution in [2.75, 3.05) is 0 Å². The highest BCUT2D eigenvalue weighted by Gasteiger charge is 2.30. The van der Waals surface area contributed by atoms with E-state index in [1.807, 2.05) is 28.8 Å². The molecule has 4 nitrogen and oxygen atoms in total. The lowest BCUT2D eigenvalue weighted by molar-refractivity contribution is 0.622. The zero-order valence-corrected chi connectivity index (χ0v) is 14.2. The zero-order chi connectivity index (χ0) is 17.2. The van der Waals surface area contributed by atoms with Gasteiger partial charge in [-0.05, 0) is 36.6 Å². The minimum Gasteiger partial charge on any atom is -0.299 e. The molecule has 0 amide bonds. The Morgan fingerprint density at radius 1 is 1.12 bits per heavy atom. The highest BCUT2D eigenvalue weighted by molar-refractivity contribution is 7.98. The van der Waals surface area contributed by atoms with Crippen molar-refractivity contribution >= 4 is 11.8 Å². The first-order valence-electron chi connectivity index (χ1n) is 8.08. The molecule has 124 valence electrons. The van der Waals surface area contributed by atoms with Crippen molar-refractivity contribution in [2.45, 2.75) is 29.8 Å². The summed E-state index contributed by atoms with van der Waals surface area (Å²) in [6.45, 7) is 0. The van der Waals surface area contributed by atoms with Gasteiger partial charge in [0, 0.05) is 11.8 Å². The molecule has 25 heavy (non-hydrogen) atoms. The molecule has 0 radical (unpaired) electrons. The minimum absolute atomic E-state index is 0.289. The van der Waals surface area contributed by atoms with E-state index in [2.05, 4.69) is 16.3 Å². The van der Waals surface area contributed by atoms with Crippen LogP contribution in [0.4, 0.5) is 4.39 Å². The van der Waals surface area contributed by atoms with Crippen LogP contribution in [-0.2, 0) is 5.75 Å². The predicted octanol–water partition coefficient (Wildman–Crippen LogP) is 4.58. The molecule has 6 heteroatoms. The van der Waals surface area contributed by atoms with Crippen molar-refractivity contribution in [3.63, 3.8) is 0 Å². The molecule has 1 saturated carbocycles. The van der Waals surface area contributed by atoms with Crippen molar-refractivity contribution in [1.29, 1.82) is 5.26 Å². The lowest BCUT2D eigenvalue weighted by Gasteiger charge is -2.09. The molecule has 1 aromatic heterocycles. The predicted molar refractivity (Wildman–Crippen MR) is 94.4 cm³/mol. The van der Waals surface area contributed by atoms with Crippen LogP contribution in [0.15, 0.2) is 53.7 Å². The van der Waals surface area contributed by atoms with E-state index in [1.54, 1.807) is 18.2 Å². The first-order chi connectivity index (χ1) is 12.3. The third-order valence-electron chi connectivity index (χ3n) is 4.19. The number of aromatic nitrogens is 3. The van der Waals surface area contributed by atoms with Crippen molar-refractivity contribution in [1.82, 2.24) is 14.8 Å². The van der Waals surface area contributed by atoms with Gasteiger partial charge >= 0.3 is 0 Å². The van der Waals surface area contributed by atoms with Crippen LogP contribution in [0.3, 0.4) is 0 Å². The summed E-state index contributed by atoms with van der Waals surface area (Å²) in [5.41, 5.74) is 2.11. The Bertz CT molecular complexity index is 956. The highest BCUT2D eigenvalue weighted by Crippen LogP contribution is 2.41. The maximum atomic E-state index is 14.2. The molecule has 0 bridgehead atoms. The van der Waals surface area contributed by atoms with Crippen LogP contribution in [-0.4, -0.2) is 14.8 Å². The van der Waals surface area contributed by atoms with Crippen LogP contribution in [0.25, 0.3) is 11.4 Å². The molecule has 0 atom stereocenters. The summed E-state index contributed by atoms with van der Waals surface area (Å²) in [7, 11) is 0. The van der Waals surface area contributed by atoms with E-state index in [0.717, 1.165) is 23.6 Å². The first kappa shape index (κ1) is 15.9. The van der Waals surface area contributed by atoms with Crippen LogP contribution in [0.5, 0.6) is 0 Å². The molecular formula is C19H15FN4S. The van der Waals surface area contributed by atoms with E-state index in [4.69, 9.17) is 0 Å². The van der Waals surface area contributed by atoms with E-state index in [0.29, 0.717) is 28.7 Å². The Kier molecular flexibility index (Phi) is 4.24. The summed E-state index contributed by atoms with van der Waals surface area (Å²) < 4.78 is 16.2. The fraction of sp³-hybridized carbons (Fsp3) is 0.211. The topological polar surface area (TPSA) is 54.5 Å². The molecule has 0 spiro atoms. The fourth-order valence-electron chi connectivity index (χ4n) is 2.76. The quantitative estimate of drug-likeness (QED) is 0.632. The number of hydrogen-bond acceptors (Lipinski definition) is 4. The molecule has 0 unspecified atom stereocenters. The molecule has 2 aromatic carbocycles. The number of nitrogens with zero attached hydrogens (tertiary/aromatic N) is 4. The Morgan fingerprint density at radius 3 is 2.64 bits per heavy atom. The first-order valence-corrected chi connectivity index (χ1v) is 9.07. The van der Waals surface area contributed by atoms with Gasteiger partial charge in [-0.15, -0.1) is 10.2 Å². The van der Waals surface area contributed by atoms with Gasteiger partial charge < -0.3 is 0 Å². The van der Waals surface area contributed by atoms with Gasteiger partial charge in [-0.2, -0.15) is 5.26 Å². The van der Waals surface area contributed by atoms with Crippen molar-refractivity contribution < 1.29 is 4.39 Å².